The molecule has 3 aromatic heterocycles. The van der Waals surface area contributed by atoms with Gasteiger partial charge >= 0.3 is 0 Å². The van der Waals surface area contributed by atoms with E-state index in [9.17, 15) is 4.79 Å². The van der Waals surface area contributed by atoms with Crippen LogP contribution in [0.3, 0.4) is 0 Å². The summed E-state index contributed by atoms with van der Waals surface area (Å²) in [5.41, 5.74) is 5.92. The molecule has 186 valence electrons. The molecule has 1 fully saturated rings. The van der Waals surface area contributed by atoms with Crippen molar-refractivity contribution in [3.8, 4) is 22.9 Å². The quantitative estimate of drug-likeness (QED) is 0.344. The largest absolute Gasteiger partial charge is 0.493 e. The van der Waals surface area contributed by atoms with Gasteiger partial charge in [-0.15, -0.1) is 0 Å². The number of para-hydroxylation sites is 1. The highest BCUT2D eigenvalue weighted by atomic mass is 35.5. The van der Waals surface area contributed by atoms with E-state index >= 15 is 0 Å². The predicted molar refractivity (Wildman–Crippen MR) is 140 cm³/mol. The van der Waals surface area contributed by atoms with Crippen molar-refractivity contribution in [1.29, 1.82) is 0 Å². The number of hydrogen-bond acceptors (Lipinski definition) is 7. The third kappa shape index (κ3) is 4.62. The minimum absolute atomic E-state index is 0.0983. The van der Waals surface area contributed by atoms with Crippen LogP contribution in [0, 0.1) is 0 Å². The molecule has 0 atom stereocenters. The van der Waals surface area contributed by atoms with Crippen molar-refractivity contribution in [3.05, 3.63) is 58.9 Å². The first-order valence-corrected chi connectivity index (χ1v) is 12.2. The molecule has 2 aliphatic rings. The second kappa shape index (κ2) is 10.6. The van der Waals surface area contributed by atoms with Gasteiger partial charge in [0.15, 0.2) is 11.5 Å². The number of carbonyl (C=O) groups excluding carboxylic acids is 1. The minimum Gasteiger partial charge on any atom is -0.493 e. The first kappa shape index (κ1) is 24.1. The molecule has 0 unspecified atom stereocenters. The Morgan fingerprint density at radius 1 is 1.06 bits per heavy atom. The number of fused-ring (bicyclic) bond motifs is 2. The van der Waals surface area contributed by atoms with Crippen LogP contribution in [0.5, 0.6) is 11.6 Å². The molecule has 0 bridgehead atoms. The van der Waals surface area contributed by atoms with Crippen molar-refractivity contribution in [2.75, 3.05) is 32.8 Å². The zero-order valence-corrected chi connectivity index (χ0v) is 20.9. The molecule has 0 radical (unpaired) electrons. The van der Waals surface area contributed by atoms with E-state index in [2.05, 4.69) is 20.3 Å². The fourth-order valence-corrected chi connectivity index (χ4v) is 4.59. The third-order valence-electron chi connectivity index (χ3n) is 6.23. The topological polar surface area (TPSA) is 98.4 Å². The maximum atomic E-state index is 13.0. The number of aromatic amines is 1. The highest BCUT2D eigenvalue weighted by Crippen LogP contribution is 2.43. The van der Waals surface area contributed by atoms with Gasteiger partial charge in [0.25, 0.3) is 0 Å². The maximum absolute atomic E-state index is 13.0. The lowest BCUT2D eigenvalue weighted by atomic mass is 9.94. The number of benzene rings is 1. The van der Waals surface area contributed by atoms with E-state index in [0.717, 1.165) is 48.5 Å². The van der Waals surface area contributed by atoms with Gasteiger partial charge in [-0.05, 0) is 43.5 Å². The number of nitrogens with one attached hydrogen (secondary N) is 2. The fraction of sp³-hybridized carbons (Fsp3) is 0.296. The number of anilines is 2. The van der Waals surface area contributed by atoms with Crippen LogP contribution in [0.1, 0.15) is 35.3 Å². The summed E-state index contributed by atoms with van der Waals surface area (Å²) in [7, 11) is 3.15. The van der Waals surface area contributed by atoms with Crippen molar-refractivity contribution in [2.24, 2.45) is 0 Å². The van der Waals surface area contributed by atoms with Gasteiger partial charge in [-0.25, -0.2) is 4.98 Å². The summed E-state index contributed by atoms with van der Waals surface area (Å²) in [4.78, 5) is 25.5. The van der Waals surface area contributed by atoms with Gasteiger partial charge in [0.2, 0.25) is 5.88 Å². The molecular formula is C27H27ClN4O4. The van der Waals surface area contributed by atoms with Crippen LogP contribution < -0.4 is 14.8 Å². The van der Waals surface area contributed by atoms with Crippen LogP contribution in [0.15, 0.2) is 42.6 Å². The number of methoxy groups -OCH3 is 2. The molecule has 0 amide bonds. The Morgan fingerprint density at radius 2 is 1.86 bits per heavy atom. The molecule has 6 rings (SSSR count). The SMILES string of the molecule is C1COC1.COc1ccc2nccc(-c3[nH]c4c(c3Nc3cccc(Cl)c3OC)C(=O)CCC4)c2n1. The van der Waals surface area contributed by atoms with Gasteiger partial charge in [-0.3, -0.25) is 9.78 Å². The molecule has 0 saturated carbocycles. The number of H-pyrrole nitrogens is 1. The van der Waals surface area contributed by atoms with E-state index in [-0.39, 0.29) is 5.78 Å². The first-order valence-electron chi connectivity index (χ1n) is 11.9. The van der Waals surface area contributed by atoms with E-state index in [1.807, 2.05) is 24.3 Å². The van der Waals surface area contributed by atoms with Gasteiger partial charge in [0, 0.05) is 43.2 Å². The number of Topliss-reactive ketones (excluding diaryl/α,β-unsaturated/α-hetero) is 1. The predicted octanol–water partition coefficient (Wildman–Crippen LogP) is 5.96. The number of carbonyl (C=O) groups is 1. The van der Waals surface area contributed by atoms with Gasteiger partial charge in [0.05, 0.1) is 47.4 Å². The van der Waals surface area contributed by atoms with Crippen LogP contribution in [0.25, 0.3) is 22.3 Å². The summed E-state index contributed by atoms with van der Waals surface area (Å²) in [6.45, 7) is 2.00. The van der Waals surface area contributed by atoms with Crippen LogP contribution in [0.2, 0.25) is 5.02 Å². The van der Waals surface area contributed by atoms with E-state index < -0.39 is 0 Å². The van der Waals surface area contributed by atoms with E-state index in [1.165, 1.54) is 6.42 Å². The monoisotopic (exact) mass is 506 g/mol. The molecule has 1 saturated heterocycles. The summed E-state index contributed by atoms with van der Waals surface area (Å²) in [6.07, 6.45) is 5.13. The second-order valence-electron chi connectivity index (χ2n) is 8.50. The summed E-state index contributed by atoms with van der Waals surface area (Å²) in [6, 6.07) is 11.0. The van der Waals surface area contributed by atoms with Crippen molar-refractivity contribution in [2.45, 2.75) is 25.7 Å². The number of aromatic nitrogens is 3. The molecule has 8 nitrogen and oxygen atoms in total. The molecular weight excluding hydrogens is 480 g/mol. The van der Waals surface area contributed by atoms with Crippen molar-refractivity contribution in [3.63, 3.8) is 0 Å². The molecule has 1 aromatic carbocycles. The van der Waals surface area contributed by atoms with Gasteiger partial charge < -0.3 is 24.5 Å². The molecule has 1 aliphatic heterocycles. The third-order valence-corrected chi connectivity index (χ3v) is 6.53. The summed E-state index contributed by atoms with van der Waals surface area (Å²) < 4.78 is 15.6. The Hall–Kier alpha value is -3.62. The number of ketones is 1. The standard InChI is InChI=1S/C24H21ClN4O3.C3H6O/c1-31-19-10-9-16-21(29-19)13(11-12-26-16)22-23(20-15(27-22)6-4-8-18(20)30)28-17-7-3-5-14(25)24(17)32-2;1-2-4-3-1/h3,5,7,9-12,27-28H,4,6,8H2,1-2H3;1-3H2. The number of halogens is 1. The van der Waals surface area contributed by atoms with Crippen LogP contribution >= 0.6 is 11.6 Å². The molecule has 2 N–H and O–H groups in total. The Balaban J connectivity index is 0.000000608. The average Bonchev–Trinajstić information content (AvgIpc) is 3.21. The second-order valence-corrected chi connectivity index (χ2v) is 8.90. The maximum Gasteiger partial charge on any atom is 0.213 e. The van der Waals surface area contributed by atoms with Crippen molar-refractivity contribution < 1.29 is 19.0 Å². The lowest BCUT2D eigenvalue weighted by Gasteiger charge is -2.16. The fourth-order valence-electron chi connectivity index (χ4n) is 4.34. The highest BCUT2D eigenvalue weighted by Gasteiger charge is 2.28. The lowest BCUT2D eigenvalue weighted by Crippen LogP contribution is -2.11. The number of ether oxygens (including phenoxy) is 3. The molecule has 0 spiro atoms. The van der Waals surface area contributed by atoms with Crippen molar-refractivity contribution >= 4 is 39.8 Å². The lowest BCUT2D eigenvalue weighted by molar-refractivity contribution is 0.0367. The average molecular weight is 507 g/mol. The Bertz CT molecular complexity index is 1410. The normalized spacial score (nSPS) is 14.4. The van der Waals surface area contributed by atoms with Crippen molar-refractivity contribution in [1.82, 2.24) is 15.0 Å². The van der Waals surface area contributed by atoms with E-state index in [1.54, 1.807) is 32.5 Å². The minimum atomic E-state index is 0.0983. The number of rotatable bonds is 5. The molecule has 4 heterocycles. The Morgan fingerprint density at radius 3 is 2.58 bits per heavy atom. The van der Waals surface area contributed by atoms with Crippen LogP contribution in [-0.4, -0.2) is 48.2 Å². The summed E-state index contributed by atoms with van der Waals surface area (Å²) >= 11 is 6.34. The summed E-state index contributed by atoms with van der Waals surface area (Å²) in [5, 5.41) is 3.90. The number of aryl methyl sites for hydroxylation is 1. The van der Waals surface area contributed by atoms with E-state index in [4.69, 9.17) is 25.8 Å². The first-order chi connectivity index (χ1) is 17.6. The number of nitrogens with zero attached hydrogens (tertiary/aromatic N) is 2. The number of pyridine rings is 2. The molecule has 1 aliphatic carbocycles. The van der Waals surface area contributed by atoms with E-state index in [0.29, 0.717) is 45.5 Å². The highest BCUT2D eigenvalue weighted by molar-refractivity contribution is 6.32. The molecule has 9 heteroatoms. The number of hydrogen-bond donors (Lipinski definition) is 2. The Kier molecular flexibility index (Phi) is 7.06. The van der Waals surface area contributed by atoms with Crippen LogP contribution in [0.4, 0.5) is 11.4 Å². The molecule has 4 aromatic rings. The smallest absolute Gasteiger partial charge is 0.213 e. The van der Waals surface area contributed by atoms with Gasteiger partial charge in [-0.1, -0.05) is 17.7 Å². The zero-order valence-electron chi connectivity index (χ0n) is 20.2. The van der Waals surface area contributed by atoms with Gasteiger partial charge in [-0.2, -0.15) is 0 Å². The summed E-state index contributed by atoms with van der Waals surface area (Å²) in [5.74, 6) is 1.10. The molecule has 36 heavy (non-hydrogen) atoms. The Labute approximate surface area is 214 Å². The van der Waals surface area contributed by atoms with Crippen LogP contribution in [-0.2, 0) is 11.2 Å². The zero-order chi connectivity index (χ0) is 25.1. The van der Waals surface area contributed by atoms with Gasteiger partial charge in [0.1, 0.15) is 5.52 Å².